The van der Waals surface area contributed by atoms with Crippen LogP contribution in [0.15, 0.2) is 36.9 Å². The molecule has 8 nitrogen and oxygen atoms in total. The molecule has 32 heavy (non-hydrogen) atoms. The molecule has 3 aromatic heterocycles. The Labute approximate surface area is 182 Å². The van der Waals surface area contributed by atoms with Crippen molar-refractivity contribution in [3.05, 3.63) is 70.8 Å². The minimum absolute atomic E-state index is 0.0629. The van der Waals surface area contributed by atoms with E-state index in [-0.39, 0.29) is 24.7 Å². The lowest BCUT2D eigenvalue weighted by molar-refractivity contribution is 0.0463. The van der Waals surface area contributed by atoms with Crippen LogP contribution >= 0.6 is 0 Å². The van der Waals surface area contributed by atoms with Gasteiger partial charge in [0, 0.05) is 47.6 Å². The quantitative estimate of drug-likeness (QED) is 0.497. The fourth-order valence-electron chi connectivity index (χ4n) is 4.31. The van der Waals surface area contributed by atoms with Crippen LogP contribution in [0.3, 0.4) is 0 Å². The highest BCUT2D eigenvalue weighted by Gasteiger charge is 2.26. The number of hydrogen-bond acceptors (Lipinski definition) is 7. The summed E-state index contributed by atoms with van der Waals surface area (Å²) in [5.41, 5.74) is 5.41. The third-order valence-electron chi connectivity index (χ3n) is 5.86. The van der Waals surface area contributed by atoms with E-state index in [1.807, 2.05) is 13.0 Å². The second kappa shape index (κ2) is 7.01. The first-order valence-electron chi connectivity index (χ1n) is 10.3. The number of hydrogen-bond donors (Lipinski definition) is 1. The van der Waals surface area contributed by atoms with Crippen LogP contribution in [0.5, 0.6) is 5.75 Å². The Morgan fingerprint density at radius 1 is 1.16 bits per heavy atom. The fourth-order valence-corrected chi connectivity index (χ4v) is 4.31. The van der Waals surface area contributed by atoms with Gasteiger partial charge in [-0.15, -0.1) is 0 Å². The van der Waals surface area contributed by atoms with E-state index in [4.69, 9.17) is 9.47 Å². The van der Waals surface area contributed by atoms with Crippen LogP contribution in [0.25, 0.3) is 16.6 Å². The number of benzene rings is 1. The standard InChI is InChI=1S/C23H18FN5O3/c1-12-6-14-16-9-27-23(26-8-15-13-4-5-31-19(13)3-2-17(15)24)29-11-28-20(21(16)29)22(30)32-10-18(14)25-7-12/h2-3,6-7,9,11H,4-5,8,10H2,1H3,(H,26,27). The minimum atomic E-state index is -0.525. The maximum absolute atomic E-state index is 14.5. The van der Waals surface area contributed by atoms with E-state index in [9.17, 15) is 9.18 Å². The fraction of sp³-hybridized carbons (Fsp3) is 0.217. The molecular weight excluding hydrogens is 413 g/mol. The summed E-state index contributed by atoms with van der Waals surface area (Å²) in [4.78, 5) is 25.9. The third kappa shape index (κ3) is 2.81. The predicted octanol–water partition coefficient (Wildman–Crippen LogP) is 3.46. The van der Waals surface area contributed by atoms with Gasteiger partial charge in [-0.3, -0.25) is 9.38 Å². The summed E-state index contributed by atoms with van der Waals surface area (Å²) in [6, 6.07) is 5.06. The van der Waals surface area contributed by atoms with Crippen LogP contribution in [0.1, 0.15) is 32.9 Å². The van der Waals surface area contributed by atoms with Gasteiger partial charge in [-0.25, -0.2) is 19.2 Å². The number of nitrogens with one attached hydrogen (secondary N) is 1. The Kier molecular flexibility index (Phi) is 4.11. The van der Waals surface area contributed by atoms with Gasteiger partial charge in [-0.05, 0) is 30.7 Å². The maximum Gasteiger partial charge on any atom is 0.359 e. The molecule has 9 heteroatoms. The van der Waals surface area contributed by atoms with Gasteiger partial charge in [0.1, 0.15) is 24.5 Å². The van der Waals surface area contributed by atoms with Crippen LogP contribution in [-0.4, -0.2) is 31.9 Å². The first-order chi connectivity index (χ1) is 15.6. The Balaban J connectivity index is 1.46. The van der Waals surface area contributed by atoms with E-state index in [1.54, 1.807) is 22.9 Å². The van der Waals surface area contributed by atoms with Crippen LogP contribution in [0, 0.1) is 12.7 Å². The number of ether oxygens (including phenoxy) is 2. The average molecular weight is 431 g/mol. The Morgan fingerprint density at radius 3 is 2.97 bits per heavy atom. The zero-order valence-corrected chi connectivity index (χ0v) is 17.2. The molecule has 0 atom stereocenters. The molecule has 4 aromatic rings. The number of nitrogens with zero attached hydrogens (tertiary/aromatic N) is 4. The number of anilines is 1. The van der Waals surface area contributed by atoms with Gasteiger partial charge in [0.25, 0.3) is 0 Å². The zero-order valence-electron chi connectivity index (χ0n) is 17.2. The van der Waals surface area contributed by atoms with Gasteiger partial charge in [0.15, 0.2) is 5.69 Å². The summed E-state index contributed by atoms with van der Waals surface area (Å²) in [5.74, 6) is 0.331. The van der Waals surface area contributed by atoms with Crippen molar-refractivity contribution in [1.82, 2.24) is 19.4 Å². The van der Waals surface area contributed by atoms with Gasteiger partial charge in [-0.1, -0.05) is 0 Å². The number of carbonyl (C=O) groups excluding carboxylic acids is 1. The molecule has 0 spiro atoms. The van der Waals surface area contributed by atoms with Crippen molar-refractivity contribution in [2.45, 2.75) is 26.5 Å². The van der Waals surface area contributed by atoms with E-state index < -0.39 is 5.97 Å². The molecule has 0 unspecified atom stereocenters. The van der Waals surface area contributed by atoms with Gasteiger partial charge in [0.2, 0.25) is 5.95 Å². The number of aryl methyl sites for hydroxylation is 1. The number of imidazole rings is 1. The number of pyridine rings is 1. The molecule has 0 saturated heterocycles. The van der Waals surface area contributed by atoms with Crippen LogP contribution in [0.4, 0.5) is 10.3 Å². The number of cyclic esters (lactones) is 1. The molecule has 1 aromatic carbocycles. The van der Waals surface area contributed by atoms with E-state index in [1.165, 1.54) is 12.4 Å². The predicted molar refractivity (Wildman–Crippen MR) is 113 cm³/mol. The van der Waals surface area contributed by atoms with Gasteiger partial charge in [0.05, 0.1) is 17.8 Å². The number of aromatic nitrogens is 4. The molecule has 160 valence electrons. The summed E-state index contributed by atoms with van der Waals surface area (Å²) in [6.07, 6.45) is 5.61. The number of carbonyl (C=O) groups is 1. The van der Waals surface area contributed by atoms with Gasteiger partial charge < -0.3 is 14.8 Å². The largest absolute Gasteiger partial charge is 0.493 e. The second-order valence-electron chi connectivity index (χ2n) is 7.84. The zero-order chi connectivity index (χ0) is 21.8. The van der Waals surface area contributed by atoms with Crippen LogP contribution < -0.4 is 10.1 Å². The lowest BCUT2D eigenvalue weighted by Gasteiger charge is -2.17. The van der Waals surface area contributed by atoms with E-state index in [0.29, 0.717) is 41.5 Å². The molecule has 2 aliphatic rings. The molecule has 0 fully saturated rings. The smallest absolute Gasteiger partial charge is 0.359 e. The molecule has 6 rings (SSSR count). The van der Waals surface area contributed by atoms with Gasteiger partial charge in [-0.2, -0.15) is 0 Å². The molecule has 0 aliphatic carbocycles. The van der Waals surface area contributed by atoms with Gasteiger partial charge >= 0.3 is 5.97 Å². The van der Waals surface area contributed by atoms with Crippen molar-refractivity contribution in [3.63, 3.8) is 0 Å². The Hall–Kier alpha value is -4.01. The Bertz CT molecular complexity index is 1410. The molecule has 0 amide bonds. The van der Waals surface area contributed by atoms with Crippen LogP contribution in [0.2, 0.25) is 0 Å². The lowest BCUT2D eigenvalue weighted by atomic mass is 10.0. The summed E-state index contributed by atoms with van der Waals surface area (Å²) in [6.45, 7) is 2.78. The Morgan fingerprint density at radius 2 is 2.06 bits per heavy atom. The number of rotatable bonds is 3. The lowest BCUT2D eigenvalue weighted by Crippen LogP contribution is -2.13. The van der Waals surface area contributed by atoms with Crippen molar-refractivity contribution in [2.24, 2.45) is 0 Å². The van der Waals surface area contributed by atoms with Crippen molar-refractivity contribution >= 4 is 17.4 Å². The summed E-state index contributed by atoms with van der Waals surface area (Å²) in [7, 11) is 0. The first-order valence-corrected chi connectivity index (χ1v) is 10.3. The second-order valence-corrected chi connectivity index (χ2v) is 7.84. The van der Waals surface area contributed by atoms with Crippen molar-refractivity contribution < 1.29 is 18.7 Å². The summed E-state index contributed by atoms with van der Waals surface area (Å²) in [5, 5.41) is 3.20. The maximum atomic E-state index is 14.5. The van der Waals surface area contributed by atoms with E-state index in [2.05, 4.69) is 20.3 Å². The first kappa shape index (κ1) is 18.7. The summed E-state index contributed by atoms with van der Waals surface area (Å²) < 4.78 is 27.2. The molecule has 1 N–H and O–H groups in total. The third-order valence-corrected chi connectivity index (χ3v) is 5.86. The highest BCUT2D eigenvalue weighted by Crippen LogP contribution is 2.34. The monoisotopic (exact) mass is 431 g/mol. The summed E-state index contributed by atoms with van der Waals surface area (Å²) >= 11 is 0. The SMILES string of the molecule is Cc1cnc2c(c1)-c1cnc(NCc3c(F)ccc4c3CCO4)n3cnc(c13)C(=O)OC2. The molecule has 0 bridgehead atoms. The normalized spacial score (nSPS) is 14.2. The van der Waals surface area contributed by atoms with E-state index >= 15 is 0 Å². The number of fused-ring (bicyclic) bond motifs is 3. The molecule has 0 radical (unpaired) electrons. The topological polar surface area (TPSA) is 90.6 Å². The highest BCUT2D eigenvalue weighted by atomic mass is 19.1. The highest BCUT2D eigenvalue weighted by molar-refractivity contribution is 6.01. The average Bonchev–Trinajstić information content (AvgIpc) is 3.44. The number of esters is 1. The van der Waals surface area contributed by atoms with Crippen molar-refractivity contribution in [1.29, 1.82) is 0 Å². The van der Waals surface area contributed by atoms with E-state index in [0.717, 1.165) is 22.3 Å². The number of halogens is 1. The van der Waals surface area contributed by atoms with Crippen LogP contribution in [-0.2, 0) is 24.3 Å². The van der Waals surface area contributed by atoms with Crippen molar-refractivity contribution in [2.75, 3.05) is 11.9 Å². The molecule has 2 aliphatic heterocycles. The molecular formula is C23H18FN5O3. The minimum Gasteiger partial charge on any atom is -0.493 e. The molecule has 0 saturated carbocycles. The van der Waals surface area contributed by atoms with Crippen molar-refractivity contribution in [3.8, 4) is 16.9 Å². The molecule has 5 heterocycles.